The van der Waals surface area contributed by atoms with Gasteiger partial charge in [0.1, 0.15) is 29.0 Å². The Balaban J connectivity index is 2.07. The standard InChI is InChI=1S/C11H15N5O4S/c12-11-14-8-4(9(15-11)21-13)1-2-16(8)10-7(19)6(18)5(3-17)20-10/h1-2,5-7,10,17-19H,3,13H2,(H2,12,14,15)/t5-,6-,7-,10?/m1/s1. The van der Waals surface area contributed by atoms with E-state index < -0.39 is 31.1 Å². The molecule has 4 atom stereocenters. The fraction of sp³-hybridized carbons (Fsp3) is 0.455. The van der Waals surface area contributed by atoms with Crippen molar-refractivity contribution in [2.24, 2.45) is 5.14 Å². The highest BCUT2D eigenvalue weighted by atomic mass is 32.2. The molecule has 2 aromatic heterocycles. The van der Waals surface area contributed by atoms with Crippen LogP contribution in [0.15, 0.2) is 17.3 Å². The quantitative estimate of drug-likeness (QED) is 0.340. The molecule has 1 aliphatic heterocycles. The summed E-state index contributed by atoms with van der Waals surface area (Å²) in [6.45, 7) is -0.394. The van der Waals surface area contributed by atoms with Crippen LogP contribution in [0.4, 0.5) is 5.95 Å². The van der Waals surface area contributed by atoms with Gasteiger partial charge in [-0.2, -0.15) is 4.98 Å². The predicted molar refractivity (Wildman–Crippen MR) is 75.0 cm³/mol. The molecule has 0 aromatic carbocycles. The molecule has 114 valence electrons. The SMILES string of the molecule is NSc1nc(N)nc2c1ccn2C1O[C@H](CO)[C@@H](O)[C@H]1O. The molecule has 7 N–H and O–H groups in total. The largest absolute Gasteiger partial charge is 0.394 e. The van der Waals surface area contributed by atoms with Crippen molar-refractivity contribution in [1.82, 2.24) is 14.5 Å². The summed E-state index contributed by atoms with van der Waals surface area (Å²) < 4.78 is 7.01. The molecular weight excluding hydrogens is 298 g/mol. The van der Waals surface area contributed by atoms with Crippen LogP contribution in [-0.4, -0.2) is 54.8 Å². The van der Waals surface area contributed by atoms with Crippen molar-refractivity contribution in [2.75, 3.05) is 12.3 Å². The fourth-order valence-electron chi connectivity index (χ4n) is 2.43. The van der Waals surface area contributed by atoms with Crippen molar-refractivity contribution in [3.8, 4) is 0 Å². The van der Waals surface area contributed by atoms with E-state index in [9.17, 15) is 10.2 Å². The van der Waals surface area contributed by atoms with Crippen LogP contribution in [0.25, 0.3) is 11.0 Å². The summed E-state index contributed by atoms with van der Waals surface area (Å²) in [7, 11) is 0. The Hall–Kier alpha value is -1.43. The number of rotatable bonds is 3. The first-order valence-electron chi connectivity index (χ1n) is 6.20. The van der Waals surface area contributed by atoms with Crippen LogP contribution in [0.5, 0.6) is 0 Å². The lowest BCUT2D eigenvalue weighted by Gasteiger charge is -2.17. The van der Waals surface area contributed by atoms with Crippen molar-refractivity contribution in [1.29, 1.82) is 0 Å². The van der Waals surface area contributed by atoms with Crippen molar-refractivity contribution < 1.29 is 20.1 Å². The molecule has 1 fully saturated rings. The van der Waals surface area contributed by atoms with Crippen LogP contribution in [-0.2, 0) is 4.74 Å². The average Bonchev–Trinajstić information content (AvgIpc) is 3.01. The molecule has 21 heavy (non-hydrogen) atoms. The van der Waals surface area contributed by atoms with Crippen LogP contribution in [0.3, 0.4) is 0 Å². The van der Waals surface area contributed by atoms with E-state index in [4.69, 9.17) is 20.7 Å². The van der Waals surface area contributed by atoms with Gasteiger partial charge >= 0.3 is 0 Å². The molecule has 3 heterocycles. The second-order valence-corrected chi connectivity index (χ2v) is 5.32. The van der Waals surface area contributed by atoms with Crippen LogP contribution >= 0.6 is 11.9 Å². The third kappa shape index (κ3) is 2.25. The summed E-state index contributed by atoms with van der Waals surface area (Å²) in [6, 6.07) is 1.72. The van der Waals surface area contributed by atoms with Crippen molar-refractivity contribution in [2.45, 2.75) is 29.6 Å². The van der Waals surface area contributed by atoms with Gasteiger partial charge in [-0.25, -0.2) is 4.98 Å². The summed E-state index contributed by atoms with van der Waals surface area (Å²) in [4.78, 5) is 8.15. The summed E-state index contributed by atoms with van der Waals surface area (Å²) >= 11 is 0.938. The summed E-state index contributed by atoms with van der Waals surface area (Å²) in [5.74, 6) is 0.0437. The fourth-order valence-corrected chi connectivity index (χ4v) is 2.86. The van der Waals surface area contributed by atoms with E-state index in [1.807, 2.05) is 0 Å². The number of aromatic nitrogens is 3. The van der Waals surface area contributed by atoms with Crippen molar-refractivity contribution >= 4 is 28.9 Å². The molecule has 9 nitrogen and oxygen atoms in total. The highest BCUT2D eigenvalue weighted by Crippen LogP contribution is 2.33. The Labute approximate surface area is 123 Å². The second kappa shape index (κ2) is 5.40. The third-order valence-corrected chi connectivity index (χ3v) is 3.99. The van der Waals surface area contributed by atoms with E-state index >= 15 is 0 Å². The maximum Gasteiger partial charge on any atom is 0.223 e. The topological polar surface area (TPSA) is 153 Å². The van der Waals surface area contributed by atoms with Gasteiger partial charge in [0.2, 0.25) is 5.95 Å². The van der Waals surface area contributed by atoms with Crippen molar-refractivity contribution in [3.63, 3.8) is 0 Å². The molecule has 1 saturated heterocycles. The first-order chi connectivity index (χ1) is 10.1. The molecule has 3 rings (SSSR count). The normalized spacial score (nSPS) is 29.3. The molecule has 0 bridgehead atoms. The van der Waals surface area contributed by atoms with Gasteiger partial charge in [-0.15, -0.1) is 0 Å². The number of fused-ring (bicyclic) bond motifs is 1. The molecule has 0 amide bonds. The monoisotopic (exact) mass is 313 g/mol. The highest BCUT2D eigenvalue weighted by Gasteiger charge is 2.43. The predicted octanol–water partition coefficient (Wildman–Crippen LogP) is -1.41. The number of nitrogens with two attached hydrogens (primary N) is 2. The molecule has 0 saturated carbocycles. The Kier molecular flexibility index (Phi) is 3.73. The van der Waals surface area contributed by atoms with Gasteiger partial charge in [0.25, 0.3) is 0 Å². The Morgan fingerprint density at radius 3 is 2.71 bits per heavy atom. The summed E-state index contributed by atoms with van der Waals surface area (Å²) in [5.41, 5.74) is 6.08. The number of hydrogen-bond acceptors (Lipinski definition) is 9. The zero-order valence-electron chi connectivity index (χ0n) is 10.8. The van der Waals surface area contributed by atoms with Gasteiger partial charge in [0.15, 0.2) is 6.23 Å². The summed E-state index contributed by atoms with van der Waals surface area (Å²) in [5, 5.41) is 35.7. The smallest absolute Gasteiger partial charge is 0.223 e. The highest BCUT2D eigenvalue weighted by molar-refractivity contribution is 7.97. The maximum absolute atomic E-state index is 10.1. The molecule has 0 spiro atoms. The van der Waals surface area contributed by atoms with Crippen molar-refractivity contribution in [3.05, 3.63) is 12.3 Å². The molecular formula is C11H15N5O4S. The van der Waals surface area contributed by atoms with E-state index in [2.05, 4.69) is 9.97 Å². The minimum absolute atomic E-state index is 0.0437. The first kappa shape index (κ1) is 14.5. The zero-order valence-corrected chi connectivity index (χ0v) is 11.6. The Bertz CT molecular complexity index is 665. The van der Waals surface area contributed by atoms with Gasteiger partial charge in [-0.1, -0.05) is 0 Å². The average molecular weight is 313 g/mol. The van der Waals surface area contributed by atoms with Gasteiger partial charge in [0, 0.05) is 6.20 Å². The number of anilines is 1. The number of nitrogen functional groups attached to an aromatic ring is 1. The zero-order chi connectivity index (χ0) is 15.1. The Morgan fingerprint density at radius 1 is 1.33 bits per heavy atom. The first-order valence-corrected chi connectivity index (χ1v) is 7.08. The van der Waals surface area contributed by atoms with Crippen LogP contribution in [0, 0.1) is 0 Å². The second-order valence-electron chi connectivity index (χ2n) is 4.69. The molecule has 0 aliphatic carbocycles. The molecule has 0 radical (unpaired) electrons. The lowest BCUT2D eigenvalue weighted by molar-refractivity contribution is -0.0508. The summed E-state index contributed by atoms with van der Waals surface area (Å²) in [6.07, 6.45) is -2.47. The van der Waals surface area contributed by atoms with E-state index in [0.717, 1.165) is 11.9 Å². The van der Waals surface area contributed by atoms with Gasteiger partial charge in [0.05, 0.1) is 12.0 Å². The van der Waals surface area contributed by atoms with Gasteiger partial charge in [-0.05, 0) is 18.0 Å². The molecule has 10 heteroatoms. The number of hydrogen-bond donors (Lipinski definition) is 5. The number of ether oxygens (including phenoxy) is 1. The molecule has 2 aromatic rings. The number of nitrogens with zero attached hydrogens (tertiary/aromatic N) is 3. The van der Waals surface area contributed by atoms with E-state index in [1.54, 1.807) is 12.3 Å². The maximum atomic E-state index is 10.1. The Morgan fingerprint density at radius 2 is 2.10 bits per heavy atom. The number of aliphatic hydroxyl groups is 3. The molecule has 1 unspecified atom stereocenters. The van der Waals surface area contributed by atoms with E-state index in [0.29, 0.717) is 16.1 Å². The van der Waals surface area contributed by atoms with Crippen LogP contribution in [0.1, 0.15) is 6.23 Å². The molecule has 1 aliphatic rings. The minimum Gasteiger partial charge on any atom is -0.394 e. The van der Waals surface area contributed by atoms with E-state index in [1.165, 1.54) is 4.57 Å². The van der Waals surface area contributed by atoms with Crippen LogP contribution in [0.2, 0.25) is 0 Å². The van der Waals surface area contributed by atoms with Gasteiger partial charge in [-0.3, -0.25) is 5.14 Å². The number of aliphatic hydroxyl groups excluding tert-OH is 3. The minimum atomic E-state index is -1.19. The van der Waals surface area contributed by atoms with E-state index in [-0.39, 0.29) is 5.95 Å². The third-order valence-electron chi connectivity index (χ3n) is 3.46. The lowest BCUT2D eigenvalue weighted by Crippen LogP contribution is -2.33. The lowest BCUT2D eigenvalue weighted by atomic mass is 10.1. The van der Waals surface area contributed by atoms with Gasteiger partial charge < -0.3 is 30.4 Å². The van der Waals surface area contributed by atoms with Crippen LogP contribution < -0.4 is 10.9 Å².